The third-order valence-electron chi connectivity index (χ3n) is 2.06. The highest BCUT2D eigenvalue weighted by Gasteiger charge is 2.33. The van der Waals surface area contributed by atoms with Crippen LogP contribution in [0.2, 0.25) is 0 Å². The van der Waals surface area contributed by atoms with Crippen LogP contribution >= 0.6 is 11.3 Å². The summed E-state index contributed by atoms with van der Waals surface area (Å²) in [6, 6.07) is 0. The molecule has 0 amide bonds. The lowest BCUT2D eigenvalue weighted by Crippen LogP contribution is -2.44. The second-order valence-corrected chi connectivity index (χ2v) is 3.89. The molecule has 1 aliphatic rings. The lowest BCUT2D eigenvalue weighted by molar-refractivity contribution is 0.0363. The number of ether oxygens (including phenoxy) is 1. The zero-order chi connectivity index (χ0) is 8.44. The number of rotatable bonds is 1. The molecule has 1 saturated heterocycles. The Kier molecular flexibility index (Phi) is 2.08. The van der Waals surface area contributed by atoms with Gasteiger partial charge < -0.3 is 10.5 Å². The molecule has 4 nitrogen and oxygen atoms in total. The number of hydrogen-bond donors (Lipinski definition) is 1. The molecule has 2 N–H and O–H groups in total. The molecule has 1 atom stereocenters. The molecule has 1 aliphatic heterocycles. The van der Waals surface area contributed by atoms with Crippen molar-refractivity contribution in [2.24, 2.45) is 5.73 Å². The fourth-order valence-electron chi connectivity index (χ4n) is 1.37. The van der Waals surface area contributed by atoms with E-state index in [2.05, 4.69) is 10.2 Å². The summed E-state index contributed by atoms with van der Waals surface area (Å²) in [6.45, 7) is 1.39. The predicted octanol–water partition coefficient (Wildman–Crippen LogP) is 0.502. The first-order chi connectivity index (χ1) is 5.81. The molecule has 0 bridgehead atoms. The SMILES string of the molecule is NC1(c2nncs2)CCCOC1. The zero-order valence-corrected chi connectivity index (χ0v) is 7.51. The molecule has 0 radical (unpaired) electrons. The Morgan fingerprint density at radius 3 is 3.17 bits per heavy atom. The van der Waals surface area contributed by atoms with Gasteiger partial charge >= 0.3 is 0 Å². The summed E-state index contributed by atoms with van der Waals surface area (Å²) in [6.07, 6.45) is 1.96. The molecule has 0 aromatic carbocycles. The van der Waals surface area contributed by atoms with Crippen LogP contribution in [-0.4, -0.2) is 23.4 Å². The van der Waals surface area contributed by atoms with Gasteiger partial charge in [0.1, 0.15) is 10.5 Å². The number of nitrogens with two attached hydrogens (primary N) is 1. The van der Waals surface area contributed by atoms with Crippen LogP contribution < -0.4 is 5.73 Å². The van der Waals surface area contributed by atoms with Crippen molar-refractivity contribution in [1.82, 2.24) is 10.2 Å². The predicted molar refractivity (Wildman–Crippen MR) is 45.8 cm³/mol. The first-order valence-electron chi connectivity index (χ1n) is 3.94. The summed E-state index contributed by atoms with van der Waals surface area (Å²) in [5.41, 5.74) is 7.44. The molecule has 5 heteroatoms. The smallest absolute Gasteiger partial charge is 0.139 e. The average molecular weight is 185 g/mol. The maximum Gasteiger partial charge on any atom is 0.139 e. The van der Waals surface area contributed by atoms with Crippen molar-refractivity contribution in [3.63, 3.8) is 0 Å². The van der Waals surface area contributed by atoms with Crippen molar-refractivity contribution in [3.8, 4) is 0 Å². The Morgan fingerprint density at radius 2 is 2.58 bits per heavy atom. The molecule has 2 rings (SSSR count). The van der Waals surface area contributed by atoms with Gasteiger partial charge in [-0.25, -0.2) is 0 Å². The topological polar surface area (TPSA) is 61.0 Å². The van der Waals surface area contributed by atoms with Crippen LogP contribution in [0, 0.1) is 0 Å². The first kappa shape index (κ1) is 8.10. The van der Waals surface area contributed by atoms with Crippen molar-refractivity contribution < 1.29 is 4.74 Å². The van der Waals surface area contributed by atoms with Crippen molar-refractivity contribution >= 4 is 11.3 Å². The maximum atomic E-state index is 6.11. The van der Waals surface area contributed by atoms with Crippen LogP contribution in [0.4, 0.5) is 0 Å². The number of nitrogens with zero attached hydrogens (tertiary/aromatic N) is 2. The minimum absolute atomic E-state index is 0.376. The van der Waals surface area contributed by atoms with E-state index in [1.54, 1.807) is 5.51 Å². The summed E-state index contributed by atoms with van der Waals surface area (Å²) in [7, 11) is 0. The van der Waals surface area contributed by atoms with E-state index in [0.717, 1.165) is 24.5 Å². The standard InChI is InChI=1S/C7H11N3OS/c8-7(2-1-3-11-4-7)6-10-9-5-12-6/h5H,1-4,8H2. The van der Waals surface area contributed by atoms with Crippen molar-refractivity contribution in [1.29, 1.82) is 0 Å². The Bertz CT molecular complexity index is 243. The normalized spacial score (nSPS) is 30.4. The highest BCUT2D eigenvalue weighted by atomic mass is 32.1. The molecule has 1 aromatic rings. The third kappa shape index (κ3) is 1.35. The third-order valence-corrected chi connectivity index (χ3v) is 2.97. The van der Waals surface area contributed by atoms with E-state index >= 15 is 0 Å². The second-order valence-electron chi connectivity index (χ2n) is 3.06. The van der Waals surface area contributed by atoms with Crippen LogP contribution in [0.3, 0.4) is 0 Å². The number of aromatic nitrogens is 2. The van der Waals surface area contributed by atoms with Gasteiger partial charge in [-0.15, -0.1) is 21.5 Å². The Hall–Kier alpha value is -0.520. The Balaban J connectivity index is 2.19. The summed E-state index contributed by atoms with van der Waals surface area (Å²) >= 11 is 1.50. The second kappa shape index (κ2) is 3.08. The quantitative estimate of drug-likeness (QED) is 0.692. The van der Waals surface area contributed by atoms with E-state index in [9.17, 15) is 0 Å². The molecule has 12 heavy (non-hydrogen) atoms. The molecular formula is C7H11N3OS. The molecule has 1 aromatic heterocycles. The fraction of sp³-hybridized carbons (Fsp3) is 0.714. The molecule has 1 fully saturated rings. The van der Waals surface area contributed by atoms with Crippen LogP contribution in [0.1, 0.15) is 17.8 Å². The summed E-state index contributed by atoms with van der Waals surface area (Å²) in [5.74, 6) is 0. The van der Waals surface area contributed by atoms with Crippen LogP contribution in [0.5, 0.6) is 0 Å². The van der Waals surface area contributed by atoms with Gasteiger partial charge in [0.25, 0.3) is 0 Å². The fourth-order valence-corrected chi connectivity index (χ4v) is 2.06. The molecular weight excluding hydrogens is 174 g/mol. The number of hydrogen-bond acceptors (Lipinski definition) is 5. The Morgan fingerprint density at radius 1 is 1.67 bits per heavy atom. The molecule has 0 spiro atoms. The monoisotopic (exact) mass is 185 g/mol. The largest absolute Gasteiger partial charge is 0.379 e. The molecule has 2 heterocycles. The van der Waals surface area contributed by atoms with Crippen molar-refractivity contribution in [2.75, 3.05) is 13.2 Å². The average Bonchev–Trinajstić information content (AvgIpc) is 2.58. The lowest BCUT2D eigenvalue weighted by Gasteiger charge is -2.30. The molecule has 66 valence electrons. The summed E-state index contributed by atoms with van der Waals surface area (Å²) < 4.78 is 5.32. The first-order valence-corrected chi connectivity index (χ1v) is 4.82. The molecule has 1 unspecified atom stereocenters. The van der Waals surface area contributed by atoms with E-state index < -0.39 is 0 Å². The Labute approximate surface area is 74.8 Å². The van der Waals surface area contributed by atoms with E-state index in [-0.39, 0.29) is 5.54 Å². The summed E-state index contributed by atoms with van der Waals surface area (Å²) in [5, 5.41) is 8.64. The van der Waals surface area contributed by atoms with E-state index in [1.807, 2.05) is 0 Å². The van der Waals surface area contributed by atoms with E-state index in [1.165, 1.54) is 11.3 Å². The van der Waals surface area contributed by atoms with E-state index in [4.69, 9.17) is 10.5 Å². The van der Waals surface area contributed by atoms with E-state index in [0.29, 0.717) is 6.61 Å². The minimum atomic E-state index is -0.376. The van der Waals surface area contributed by atoms with Crippen LogP contribution in [0.15, 0.2) is 5.51 Å². The minimum Gasteiger partial charge on any atom is -0.379 e. The van der Waals surface area contributed by atoms with Crippen molar-refractivity contribution in [3.05, 3.63) is 10.5 Å². The van der Waals surface area contributed by atoms with Gasteiger partial charge in [-0.3, -0.25) is 0 Å². The molecule has 0 saturated carbocycles. The van der Waals surface area contributed by atoms with Gasteiger partial charge in [0, 0.05) is 6.61 Å². The van der Waals surface area contributed by atoms with Crippen LogP contribution in [-0.2, 0) is 10.3 Å². The van der Waals surface area contributed by atoms with Crippen LogP contribution in [0.25, 0.3) is 0 Å². The van der Waals surface area contributed by atoms with Crippen molar-refractivity contribution in [2.45, 2.75) is 18.4 Å². The maximum absolute atomic E-state index is 6.11. The van der Waals surface area contributed by atoms with Gasteiger partial charge in [-0.05, 0) is 12.8 Å². The highest BCUT2D eigenvalue weighted by Crippen LogP contribution is 2.28. The van der Waals surface area contributed by atoms with Gasteiger partial charge in [0.05, 0.1) is 12.1 Å². The zero-order valence-electron chi connectivity index (χ0n) is 6.69. The van der Waals surface area contributed by atoms with Gasteiger partial charge in [-0.1, -0.05) is 0 Å². The van der Waals surface area contributed by atoms with Gasteiger partial charge in [0.15, 0.2) is 0 Å². The lowest BCUT2D eigenvalue weighted by atomic mass is 9.95. The molecule has 0 aliphatic carbocycles. The summed E-state index contributed by atoms with van der Waals surface area (Å²) in [4.78, 5) is 0. The highest BCUT2D eigenvalue weighted by molar-refractivity contribution is 7.09. The van der Waals surface area contributed by atoms with Gasteiger partial charge in [0.2, 0.25) is 0 Å². The van der Waals surface area contributed by atoms with Gasteiger partial charge in [-0.2, -0.15) is 0 Å².